The van der Waals surface area contributed by atoms with E-state index in [-0.39, 0.29) is 5.91 Å². The Hall–Kier alpha value is -2.03. The van der Waals surface area contributed by atoms with Crippen LogP contribution in [-0.4, -0.2) is 10.5 Å². The van der Waals surface area contributed by atoms with Crippen LogP contribution < -0.4 is 5.32 Å². The van der Waals surface area contributed by atoms with Gasteiger partial charge in [-0.25, -0.2) is 0 Å². The summed E-state index contributed by atoms with van der Waals surface area (Å²) < 4.78 is 1.80. The van der Waals surface area contributed by atoms with Crippen molar-refractivity contribution in [3.05, 3.63) is 53.3 Å². The van der Waals surface area contributed by atoms with E-state index in [4.69, 9.17) is 0 Å². The minimum absolute atomic E-state index is 0.0810. The van der Waals surface area contributed by atoms with Gasteiger partial charge in [-0.05, 0) is 49.2 Å². The van der Waals surface area contributed by atoms with Crippen LogP contribution in [0.15, 0.2) is 36.5 Å². The number of hydrogen-bond donors (Lipinski definition) is 1. The Morgan fingerprint density at radius 2 is 1.82 bits per heavy atom. The monoisotopic (exact) mass is 228 g/mol. The molecule has 1 heterocycles. The van der Waals surface area contributed by atoms with E-state index >= 15 is 0 Å². The van der Waals surface area contributed by atoms with Crippen LogP contribution in [0, 0.1) is 13.8 Å². The summed E-state index contributed by atoms with van der Waals surface area (Å²) >= 11 is 0. The second kappa shape index (κ2) is 4.45. The van der Waals surface area contributed by atoms with Crippen LogP contribution in [0.2, 0.25) is 0 Å². The molecule has 0 saturated heterocycles. The number of amides is 1. The van der Waals surface area contributed by atoms with Crippen molar-refractivity contribution < 1.29 is 4.79 Å². The van der Waals surface area contributed by atoms with Crippen LogP contribution in [0.1, 0.15) is 21.6 Å². The maximum Gasteiger partial charge on any atom is 0.272 e. The molecule has 0 bridgehead atoms. The minimum atomic E-state index is -0.0810. The quantitative estimate of drug-likeness (QED) is 0.842. The Balaban J connectivity index is 2.21. The first-order valence-electron chi connectivity index (χ1n) is 5.57. The average Bonchev–Trinajstić information content (AvgIpc) is 2.62. The summed E-state index contributed by atoms with van der Waals surface area (Å²) in [4.78, 5) is 12.0. The topological polar surface area (TPSA) is 34.0 Å². The van der Waals surface area contributed by atoms with Gasteiger partial charge >= 0.3 is 0 Å². The Morgan fingerprint density at radius 1 is 1.18 bits per heavy atom. The Morgan fingerprint density at radius 3 is 2.35 bits per heavy atom. The van der Waals surface area contributed by atoms with Crippen LogP contribution in [0.3, 0.4) is 0 Å². The molecule has 17 heavy (non-hydrogen) atoms. The number of nitrogens with one attached hydrogen (secondary N) is 1. The van der Waals surface area contributed by atoms with Crippen LogP contribution in [-0.2, 0) is 7.05 Å². The van der Waals surface area contributed by atoms with Crippen molar-refractivity contribution >= 4 is 11.6 Å². The highest BCUT2D eigenvalue weighted by molar-refractivity contribution is 6.03. The average molecular weight is 228 g/mol. The zero-order valence-corrected chi connectivity index (χ0v) is 10.3. The van der Waals surface area contributed by atoms with E-state index in [9.17, 15) is 4.79 Å². The molecule has 0 atom stereocenters. The summed E-state index contributed by atoms with van der Waals surface area (Å²) in [5, 5.41) is 2.91. The van der Waals surface area contributed by atoms with Gasteiger partial charge in [-0.15, -0.1) is 0 Å². The normalized spacial score (nSPS) is 10.3. The fourth-order valence-electron chi connectivity index (χ4n) is 1.94. The molecule has 0 spiro atoms. The molecule has 2 rings (SSSR count). The largest absolute Gasteiger partial charge is 0.347 e. The number of carbonyl (C=O) groups excluding carboxylic acids is 1. The molecule has 1 N–H and O–H groups in total. The number of benzene rings is 1. The van der Waals surface area contributed by atoms with E-state index in [2.05, 4.69) is 11.4 Å². The molecule has 0 radical (unpaired) electrons. The number of rotatable bonds is 2. The van der Waals surface area contributed by atoms with E-state index in [1.807, 2.05) is 45.3 Å². The lowest BCUT2D eigenvalue weighted by molar-refractivity contribution is 0.101. The molecule has 0 saturated carbocycles. The Labute approximate surface area is 101 Å². The summed E-state index contributed by atoms with van der Waals surface area (Å²) in [5.41, 5.74) is 3.79. The van der Waals surface area contributed by atoms with Crippen molar-refractivity contribution in [2.75, 3.05) is 5.32 Å². The van der Waals surface area contributed by atoms with Gasteiger partial charge in [-0.2, -0.15) is 0 Å². The highest BCUT2D eigenvalue weighted by Crippen LogP contribution is 2.14. The van der Waals surface area contributed by atoms with E-state index in [0.717, 1.165) is 16.8 Å². The van der Waals surface area contributed by atoms with Crippen molar-refractivity contribution in [2.24, 2.45) is 7.05 Å². The van der Waals surface area contributed by atoms with Gasteiger partial charge in [0.15, 0.2) is 0 Å². The third-order valence-electron chi connectivity index (χ3n) is 2.66. The van der Waals surface area contributed by atoms with Crippen molar-refractivity contribution in [1.82, 2.24) is 4.57 Å². The molecule has 88 valence electrons. The molecule has 3 heteroatoms. The van der Waals surface area contributed by atoms with Gasteiger partial charge in [0.2, 0.25) is 0 Å². The zero-order valence-electron chi connectivity index (χ0n) is 10.3. The predicted molar refractivity (Wildman–Crippen MR) is 69.3 cm³/mol. The van der Waals surface area contributed by atoms with Gasteiger partial charge < -0.3 is 9.88 Å². The number of aromatic nitrogens is 1. The van der Waals surface area contributed by atoms with Gasteiger partial charge in [0.05, 0.1) is 0 Å². The maximum absolute atomic E-state index is 12.0. The summed E-state index contributed by atoms with van der Waals surface area (Å²) in [6.45, 7) is 4.04. The molecule has 0 aliphatic rings. The Bertz CT molecular complexity index is 535. The molecule has 0 fully saturated rings. The van der Waals surface area contributed by atoms with E-state index < -0.39 is 0 Å². The Kier molecular flexibility index (Phi) is 3.00. The third kappa shape index (κ3) is 2.56. The first-order chi connectivity index (χ1) is 8.06. The van der Waals surface area contributed by atoms with Gasteiger partial charge in [0.1, 0.15) is 5.69 Å². The van der Waals surface area contributed by atoms with Crippen LogP contribution >= 0.6 is 0 Å². The standard InChI is InChI=1S/C14H16N2O/c1-10-7-11(2)9-12(8-10)15-14(17)13-5-4-6-16(13)3/h4-9H,1-3H3,(H,15,17). The molecule has 0 aliphatic carbocycles. The van der Waals surface area contributed by atoms with Crippen molar-refractivity contribution in [3.63, 3.8) is 0 Å². The summed E-state index contributed by atoms with van der Waals surface area (Å²) in [6, 6.07) is 9.67. The molecule has 3 nitrogen and oxygen atoms in total. The molecule has 1 amide bonds. The molecule has 1 aromatic heterocycles. The third-order valence-corrected chi connectivity index (χ3v) is 2.66. The summed E-state index contributed by atoms with van der Waals surface area (Å²) in [7, 11) is 1.86. The zero-order chi connectivity index (χ0) is 12.4. The van der Waals surface area contributed by atoms with E-state index in [1.54, 1.807) is 10.6 Å². The number of carbonyl (C=O) groups is 1. The lowest BCUT2D eigenvalue weighted by atomic mass is 10.1. The molecular weight excluding hydrogens is 212 g/mol. The van der Waals surface area contributed by atoms with Crippen molar-refractivity contribution in [2.45, 2.75) is 13.8 Å². The second-order valence-electron chi connectivity index (χ2n) is 4.33. The number of hydrogen-bond acceptors (Lipinski definition) is 1. The minimum Gasteiger partial charge on any atom is -0.347 e. The smallest absolute Gasteiger partial charge is 0.272 e. The SMILES string of the molecule is Cc1cc(C)cc(NC(=O)c2cccn2C)c1. The van der Waals surface area contributed by atoms with Gasteiger partial charge in [0, 0.05) is 18.9 Å². The fourth-order valence-corrected chi connectivity index (χ4v) is 1.94. The summed E-state index contributed by atoms with van der Waals surface area (Å²) in [6.07, 6.45) is 1.86. The molecular formula is C14H16N2O. The lowest BCUT2D eigenvalue weighted by Crippen LogP contribution is -2.15. The van der Waals surface area contributed by atoms with E-state index in [1.165, 1.54) is 0 Å². The molecule has 1 aromatic carbocycles. The molecule has 0 unspecified atom stereocenters. The number of anilines is 1. The summed E-state index contributed by atoms with van der Waals surface area (Å²) in [5.74, 6) is -0.0810. The van der Waals surface area contributed by atoms with Gasteiger partial charge in [0.25, 0.3) is 5.91 Å². The maximum atomic E-state index is 12.0. The van der Waals surface area contributed by atoms with Crippen molar-refractivity contribution in [1.29, 1.82) is 0 Å². The van der Waals surface area contributed by atoms with Gasteiger partial charge in [-0.1, -0.05) is 6.07 Å². The van der Waals surface area contributed by atoms with Crippen LogP contribution in [0.4, 0.5) is 5.69 Å². The van der Waals surface area contributed by atoms with E-state index in [0.29, 0.717) is 5.69 Å². The highest BCUT2D eigenvalue weighted by Gasteiger charge is 2.09. The number of nitrogens with zero attached hydrogens (tertiary/aromatic N) is 1. The molecule has 0 aliphatic heterocycles. The first-order valence-corrected chi connectivity index (χ1v) is 5.57. The van der Waals surface area contributed by atoms with Crippen molar-refractivity contribution in [3.8, 4) is 0 Å². The second-order valence-corrected chi connectivity index (χ2v) is 4.33. The van der Waals surface area contributed by atoms with Crippen LogP contribution in [0.5, 0.6) is 0 Å². The van der Waals surface area contributed by atoms with Crippen LogP contribution in [0.25, 0.3) is 0 Å². The molecule has 2 aromatic rings. The lowest BCUT2D eigenvalue weighted by Gasteiger charge is -2.08. The number of aryl methyl sites for hydroxylation is 3. The first kappa shape index (κ1) is 11.5. The highest BCUT2D eigenvalue weighted by atomic mass is 16.1. The predicted octanol–water partition coefficient (Wildman–Crippen LogP) is 2.89. The fraction of sp³-hybridized carbons (Fsp3) is 0.214. The van der Waals surface area contributed by atoms with Gasteiger partial charge in [-0.3, -0.25) is 4.79 Å².